The van der Waals surface area contributed by atoms with E-state index in [1.54, 1.807) is 30.4 Å². The zero-order chi connectivity index (χ0) is 21.1. The maximum atomic E-state index is 12.7. The van der Waals surface area contributed by atoms with Crippen molar-refractivity contribution in [2.45, 2.75) is 17.2 Å². The number of nitro benzene ring substituents is 1. The van der Waals surface area contributed by atoms with Gasteiger partial charge in [0, 0.05) is 11.5 Å². The summed E-state index contributed by atoms with van der Waals surface area (Å²) in [6, 6.07) is 17.6. The van der Waals surface area contributed by atoms with Gasteiger partial charge in [-0.3, -0.25) is 14.9 Å². The molecule has 150 valence electrons. The highest BCUT2D eigenvalue weighted by atomic mass is 32.2. The molecule has 4 rings (SSSR count). The van der Waals surface area contributed by atoms with Gasteiger partial charge in [0.25, 0.3) is 5.69 Å². The third-order valence-corrected chi connectivity index (χ3v) is 6.29. The number of carbonyl (C=O) groups excluding carboxylic acids is 1. The Kier molecular flexibility index (Phi) is 5.73. The number of thioether (sulfide) groups is 1. The fourth-order valence-corrected chi connectivity index (χ4v) is 4.44. The highest BCUT2D eigenvalue weighted by molar-refractivity contribution is 8.00. The lowest BCUT2D eigenvalue weighted by Crippen LogP contribution is -2.23. The molecule has 0 unspecified atom stereocenters. The minimum absolute atomic E-state index is 0.143. The van der Waals surface area contributed by atoms with Crippen molar-refractivity contribution in [1.82, 2.24) is 9.97 Å². The fourth-order valence-electron chi connectivity index (χ4n) is 2.85. The zero-order valence-corrected chi connectivity index (χ0v) is 17.4. The number of benzene rings is 2. The molecule has 2 aromatic heterocycles. The summed E-state index contributed by atoms with van der Waals surface area (Å²) in [5.41, 5.74) is 0.826. The van der Waals surface area contributed by atoms with Gasteiger partial charge in [-0.1, -0.05) is 48.2 Å². The molecule has 2 aromatic carbocycles. The maximum Gasteiger partial charge on any atom is 0.292 e. The van der Waals surface area contributed by atoms with E-state index in [0.29, 0.717) is 10.9 Å². The number of fused-ring (bicyclic) bond motifs is 1. The van der Waals surface area contributed by atoms with Crippen molar-refractivity contribution in [1.29, 1.82) is 0 Å². The molecular weight excluding hydrogens is 420 g/mol. The van der Waals surface area contributed by atoms with Crippen LogP contribution in [0.3, 0.4) is 0 Å². The Labute approximate surface area is 180 Å². The Morgan fingerprint density at radius 1 is 1.10 bits per heavy atom. The topological polar surface area (TPSA) is 98.0 Å². The Bertz CT molecular complexity index is 1230. The Balaban J connectivity index is 1.62. The van der Waals surface area contributed by atoms with Gasteiger partial charge in [0.05, 0.1) is 20.6 Å². The molecule has 2 heterocycles. The summed E-state index contributed by atoms with van der Waals surface area (Å²) in [4.78, 5) is 33.7. The summed E-state index contributed by atoms with van der Waals surface area (Å²) in [6.45, 7) is 1.75. The van der Waals surface area contributed by atoms with E-state index in [1.807, 2.05) is 41.8 Å². The van der Waals surface area contributed by atoms with Crippen molar-refractivity contribution in [2.75, 3.05) is 5.32 Å². The van der Waals surface area contributed by atoms with E-state index in [1.165, 1.54) is 23.9 Å². The molecule has 0 aliphatic carbocycles. The maximum absolute atomic E-state index is 12.7. The van der Waals surface area contributed by atoms with Gasteiger partial charge in [-0.05, 0) is 30.5 Å². The molecule has 0 aliphatic heterocycles. The fraction of sp³-hybridized carbons (Fsp3) is 0.0952. The smallest absolute Gasteiger partial charge is 0.292 e. The van der Waals surface area contributed by atoms with Crippen molar-refractivity contribution in [3.05, 3.63) is 76.2 Å². The molecule has 0 bridgehead atoms. The number of hydrogen-bond donors (Lipinski definition) is 1. The summed E-state index contributed by atoms with van der Waals surface area (Å²) in [5.74, 6) is 0.271. The summed E-state index contributed by atoms with van der Waals surface area (Å²) in [5, 5.41) is 16.8. The van der Waals surface area contributed by atoms with Crippen molar-refractivity contribution >= 4 is 51.3 Å². The van der Waals surface area contributed by atoms with Crippen LogP contribution in [0.2, 0.25) is 0 Å². The van der Waals surface area contributed by atoms with Gasteiger partial charge in [0.2, 0.25) is 5.91 Å². The van der Waals surface area contributed by atoms with E-state index in [2.05, 4.69) is 10.3 Å². The van der Waals surface area contributed by atoms with Crippen molar-refractivity contribution < 1.29 is 9.72 Å². The van der Waals surface area contributed by atoms with Gasteiger partial charge in [-0.2, -0.15) is 0 Å². The molecule has 0 aliphatic rings. The Morgan fingerprint density at radius 2 is 1.87 bits per heavy atom. The lowest BCUT2D eigenvalue weighted by atomic mass is 10.2. The molecule has 0 fully saturated rings. The molecule has 0 spiro atoms. The number of nitrogens with zero attached hydrogens (tertiary/aromatic N) is 3. The Morgan fingerprint density at radius 3 is 2.63 bits per heavy atom. The minimum Gasteiger partial charge on any atom is -0.319 e. The molecule has 30 heavy (non-hydrogen) atoms. The summed E-state index contributed by atoms with van der Waals surface area (Å²) >= 11 is 2.84. The number of hydrogen-bond acceptors (Lipinski definition) is 7. The van der Waals surface area contributed by atoms with Crippen LogP contribution in [-0.4, -0.2) is 26.0 Å². The van der Waals surface area contributed by atoms with Gasteiger partial charge in [0.1, 0.15) is 10.7 Å². The highest BCUT2D eigenvalue weighted by Gasteiger charge is 2.21. The van der Waals surface area contributed by atoms with Gasteiger partial charge in [0.15, 0.2) is 5.82 Å². The van der Waals surface area contributed by atoms with E-state index in [-0.39, 0.29) is 17.3 Å². The number of carbonyl (C=O) groups is 1. The second kappa shape index (κ2) is 8.60. The number of rotatable bonds is 6. The van der Waals surface area contributed by atoms with Crippen LogP contribution in [0.4, 0.5) is 11.4 Å². The van der Waals surface area contributed by atoms with Crippen LogP contribution in [0, 0.1) is 10.1 Å². The molecule has 1 amide bonds. The monoisotopic (exact) mass is 436 g/mol. The van der Waals surface area contributed by atoms with Gasteiger partial charge in [-0.15, -0.1) is 11.3 Å². The molecular formula is C21H16N4O3S2. The van der Waals surface area contributed by atoms with Crippen LogP contribution in [0.15, 0.2) is 71.1 Å². The van der Waals surface area contributed by atoms with Crippen molar-refractivity contribution in [2.24, 2.45) is 0 Å². The third kappa shape index (κ3) is 4.17. The van der Waals surface area contributed by atoms with Crippen molar-refractivity contribution in [3.63, 3.8) is 0 Å². The van der Waals surface area contributed by atoms with Crippen LogP contribution >= 0.6 is 23.1 Å². The van der Waals surface area contributed by atoms with E-state index in [9.17, 15) is 14.9 Å². The van der Waals surface area contributed by atoms with Gasteiger partial charge in [-0.25, -0.2) is 9.97 Å². The number of anilines is 1. The Hall–Kier alpha value is -3.30. The molecule has 0 radical (unpaired) electrons. The van der Waals surface area contributed by atoms with Crippen LogP contribution in [0.5, 0.6) is 0 Å². The third-order valence-electron chi connectivity index (χ3n) is 4.33. The van der Waals surface area contributed by atoms with E-state index >= 15 is 0 Å². The number of amides is 1. The largest absolute Gasteiger partial charge is 0.319 e. The lowest BCUT2D eigenvalue weighted by molar-refractivity contribution is -0.383. The molecule has 7 nitrogen and oxygen atoms in total. The minimum atomic E-state index is -0.528. The summed E-state index contributed by atoms with van der Waals surface area (Å²) in [7, 11) is 0. The molecule has 4 aromatic rings. The van der Waals surface area contributed by atoms with Crippen molar-refractivity contribution in [3.8, 4) is 10.7 Å². The van der Waals surface area contributed by atoms with Crippen LogP contribution in [-0.2, 0) is 4.79 Å². The predicted octanol–water partition coefficient (Wildman–Crippen LogP) is 5.39. The van der Waals surface area contributed by atoms with Gasteiger partial charge >= 0.3 is 0 Å². The standard InChI is InChI=1S/C21H16N4O3S2/c1-13(20(26)23-16-9-4-5-10-17(16)25(27)28)30-21-14-7-2-3-8-15(14)22-19(24-21)18-11-6-12-29-18/h2-13H,1H3,(H,23,26)/t13-/m1/s1. The summed E-state index contributed by atoms with van der Waals surface area (Å²) < 4.78 is 0. The first-order valence-corrected chi connectivity index (χ1v) is 10.8. The number of nitro groups is 1. The lowest BCUT2D eigenvalue weighted by Gasteiger charge is -2.13. The normalized spacial score (nSPS) is 11.9. The zero-order valence-electron chi connectivity index (χ0n) is 15.8. The number of thiophene rings is 1. The quantitative estimate of drug-likeness (QED) is 0.188. The van der Waals surface area contributed by atoms with E-state index in [4.69, 9.17) is 4.98 Å². The second-order valence-electron chi connectivity index (χ2n) is 6.37. The summed E-state index contributed by atoms with van der Waals surface area (Å²) in [6.07, 6.45) is 0. The highest BCUT2D eigenvalue weighted by Crippen LogP contribution is 2.33. The SMILES string of the molecule is C[C@@H](Sc1nc(-c2cccs2)nc2ccccc12)C(=O)Nc1ccccc1[N+](=O)[O-]. The molecule has 0 saturated carbocycles. The first kappa shape index (κ1) is 20.0. The molecule has 1 N–H and O–H groups in total. The van der Waals surface area contributed by atoms with Gasteiger partial charge < -0.3 is 5.32 Å². The van der Waals surface area contributed by atoms with Crippen LogP contribution < -0.4 is 5.32 Å². The average Bonchev–Trinajstić information content (AvgIpc) is 3.29. The number of para-hydroxylation sites is 3. The van der Waals surface area contributed by atoms with Crippen LogP contribution in [0.1, 0.15) is 6.92 Å². The number of aromatic nitrogens is 2. The molecule has 1 atom stereocenters. The van der Waals surface area contributed by atoms with E-state index in [0.717, 1.165) is 15.8 Å². The molecule has 0 saturated heterocycles. The first-order valence-electron chi connectivity index (χ1n) is 9.04. The predicted molar refractivity (Wildman–Crippen MR) is 120 cm³/mol. The van der Waals surface area contributed by atoms with E-state index < -0.39 is 10.2 Å². The van der Waals surface area contributed by atoms with Crippen LogP contribution in [0.25, 0.3) is 21.6 Å². The second-order valence-corrected chi connectivity index (χ2v) is 8.65. The molecule has 9 heteroatoms. The number of nitrogens with one attached hydrogen (secondary N) is 1. The average molecular weight is 437 g/mol. The first-order chi connectivity index (χ1) is 14.5.